The van der Waals surface area contributed by atoms with Crippen molar-refractivity contribution in [3.8, 4) is 0 Å². The normalized spacial score (nSPS) is 13.2. The van der Waals surface area contributed by atoms with Gasteiger partial charge in [-0.05, 0) is 31.2 Å². The van der Waals surface area contributed by atoms with Gasteiger partial charge in [0.1, 0.15) is 5.38 Å². The fourth-order valence-corrected chi connectivity index (χ4v) is 3.18. The summed E-state index contributed by atoms with van der Waals surface area (Å²) in [6.45, 7) is 5.98. The van der Waals surface area contributed by atoms with Gasteiger partial charge in [0, 0.05) is 18.8 Å². The molecule has 1 N–H and O–H groups in total. The molecule has 0 radical (unpaired) electrons. The van der Waals surface area contributed by atoms with Gasteiger partial charge in [0.2, 0.25) is 15.9 Å². The molecule has 20 heavy (non-hydrogen) atoms. The van der Waals surface area contributed by atoms with Crippen molar-refractivity contribution in [2.45, 2.75) is 31.0 Å². The third kappa shape index (κ3) is 3.94. The van der Waals surface area contributed by atoms with Crippen LogP contribution in [0.2, 0.25) is 0 Å². The van der Waals surface area contributed by atoms with Crippen molar-refractivity contribution in [3.63, 3.8) is 0 Å². The molecule has 0 saturated heterocycles. The van der Waals surface area contributed by atoms with Gasteiger partial charge in [-0.1, -0.05) is 13.8 Å². The maximum atomic E-state index is 12.3. The predicted octanol–water partition coefficient (Wildman–Crippen LogP) is 2.28. The molecule has 0 heterocycles. The van der Waals surface area contributed by atoms with Crippen LogP contribution in [-0.2, 0) is 14.8 Å². The van der Waals surface area contributed by atoms with E-state index in [1.807, 2.05) is 0 Å². The minimum Gasteiger partial charge on any atom is -0.325 e. The molecule has 0 saturated carbocycles. The monoisotopic (exact) mass is 318 g/mol. The van der Waals surface area contributed by atoms with E-state index in [9.17, 15) is 13.2 Å². The summed E-state index contributed by atoms with van der Waals surface area (Å²) in [7, 11) is -3.47. The SMILES string of the molecule is CCN(CC)S(=O)(=O)c1ccc(NC(=O)C(C)Cl)cc1. The molecular formula is C13H19ClN2O3S. The third-order valence-corrected chi connectivity index (χ3v) is 5.09. The first-order valence-corrected chi connectivity index (χ1v) is 8.25. The molecule has 0 aliphatic rings. The summed E-state index contributed by atoms with van der Waals surface area (Å²) >= 11 is 5.65. The van der Waals surface area contributed by atoms with Crippen LogP contribution in [0.15, 0.2) is 29.2 Å². The predicted molar refractivity (Wildman–Crippen MR) is 80.5 cm³/mol. The second kappa shape index (κ2) is 7.06. The van der Waals surface area contributed by atoms with E-state index in [4.69, 9.17) is 11.6 Å². The number of hydrogen-bond acceptors (Lipinski definition) is 3. The minimum atomic E-state index is -3.47. The summed E-state index contributed by atoms with van der Waals surface area (Å²) in [5.74, 6) is -0.328. The van der Waals surface area contributed by atoms with E-state index < -0.39 is 15.4 Å². The zero-order valence-electron chi connectivity index (χ0n) is 11.8. The molecule has 0 aliphatic carbocycles. The Balaban J connectivity index is 2.94. The first kappa shape index (κ1) is 16.9. The third-order valence-electron chi connectivity index (χ3n) is 2.83. The maximum absolute atomic E-state index is 12.3. The van der Waals surface area contributed by atoms with Crippen LogP contribution < -0.4 is 5.32 Å². The second-order valence-electron chi connectivity index (χ2n) is 4.22. The van der Waals surface area contributed by atoms with Gasteiger partial charge in [0.05, 0.1) is 4.90 Å². The Kier molecular flexibility index (Phi) is 5.98. The number of carbonyl (C=O) groups excluding carboxylic acids is 1. The summed E-state index contributed by atoms with van der Waals surface area (Å²) in [6.07, 6.45) is 0. The summed E-state index contributed by atoms with van der Waals surface area (Å²) in [5.41, 5.74) is 0.515. The van der Waals surface area contributed by atoms with Gasteiger partial charge < -0.3 is 5.32 Å². The number of sulfonamides is 1. The van der Waals surface area contributed by atoms with E-state index in [1.54, 1.807) is 32.9 Å². The average molecular weight is 319 g/mol. The molecule has 0 spiro atoms. The molecule has 1 atom stereocenters. The highest BCUT2D eigenvalue weighted by Crippen LogP contribution is 2.18. The van der Waals surface area contributed by atoms with Gasteiger partial charge in [-0.15, -0.1) is 11.6 Å². The Morgan fingerprint density at radius 1 is 1.25 bits per heavy atom. The molecule has 1 aromatic carbocycles. The molecule has 5 nitrogen and oxygen atoms in total. The number of halogens is 1. The van der Waals surface area contributed by atoms with Crippen LogP contribution >= 0.6 is 11.6 Å². The van der Waals surface area contributed by atoms with Crippen molar-refractivity contribution < 1.29 is 13.2 Å². The molecule has 0 aromatic heterocycles. The van der Waals surface area contributed by atoms with Crippen LogP contribution in [0.3, 0.4) is 0 Å². The quantitative estimate of drug-likeness (QED) is 0.818. The Bertz CT molecular complexity index is 551. The molecule has 1 aromatic rings. The van der Waals surface area contributed by atoms with Crippen LogP contribution in [0.1, 0.15) is 20.8 Å². The topological polar surface area (TPSA) is 66.5 Å². The summed E-state index contributed by atoms with van der Waals surface area (Å²) in [6, 6.07) is 6.05. The van der Waals surface area contributed by atoms with Crippen LogP contribution in [-0.4, -0.2) is 37.1 Å². The fourth-order valence-electron chi connectivity index (χ4n) is 1.66. The highest BCUT2D eigenvalue weighted by Gasteiger charge is 2.21. The van der Waals surface area contributed by atoms with E-state index in [0.717, 1.165) is 0 Å². The number of alkyl halides is 1. The van der Waals surface area contributed by atoms with Crippen LogP contribution in [0.4, 0.5) is 5.69 Å². The number of hydrogen-bond donors (Lipinski definition) is 1. The standard InChI is InChI=1S/C13H19ClN2O3S/c1-4-16(5-2)20(18,19)12-8-6-11(7-9-12)15-13(17)10(3)14/h6-10H,4-5H2,1-3H3,(H,15,17). The van der Waals surface area contributed by atoms with Crippen molar-refractivity contribution in [1.82, 2.24) is 4.31 Å². The minimum absolute atomic E-state index is 0.207. The van der Waals surface area contributed by atoms with Crippen molar-refractivity contribution in [1.29, 1.82) is 0 Å². The van der Waals surface area contributed by atoms with E-state index in [-0.39, 0.29) is 10.8 Å². The lowest BCUT2D eigenvalue weighted by Gasteiger charge is -2.18. The smallest absolute Gasteiger partial charge is 0.243 e. The number of amides is 1. The van der Waals surface area contributed by atoms with Gasteiger partial charge in [0.25, 0.3) is 0 Å². The van der Waals surface area contributed by atoms with E-state index in [2.05, 4.69) is 5.32 Å². The summed E-state index contributed by atoms with van der Waals surface area (Å²) < 4.78 is 25.9. The number of anilines is 1. The maximum Gasteiger partial charge on any atom is 0.243 e. The molecule has 1 unspecified atom stereocenters. The number of benzene rings is 1. The molecule has 112 valence electrons. The van der Waals surface area contributed by atoms with E-state index in [0.29, 0.717) is 18.8 Å². The van der Waals surface area contributed by atoms with Gasteiger partial charge in [-0.3, -0.25) is 4.79 Å². The van der Waals surface area contributed by atoms with Gasteiger partial charge in [0.15, 0.2) is 0 Å². The molecule has 7 heteroatoms. The number of carbonyl (C=O) groups is 1. The first-order chi connectivity index (χ1) is 9.32. The zero-order chi connectivity index (χ0) is 15.3. The van der Waals surface area contributed by atoms with Gasteiger partial charge >= 0.3 is 0 Å². The van der Waals surface area contributed by atoms with Gasteiger partial charge in [-0.25, -0.2) is 8.42 Å². The lowest BCUT2D eigenvalue weighted by molar-refractivity contribution is -0.115. The first-order valence-electron chi connectivity index (χ1n) is 6.38. The summed E-state index contributed by atoms with van der Waals surface area (Å²) in [5, 5.41) is 1.95. The molecule has 1 amide bonds. The largest absolute Gasteiger partial charge is 0.325 e. The number of rotatable bonds is 6. The number of nitrogens with zero attached hydrogens (tertiary/aromatic N) is 1. The van der Waals surface area contributed by atoms with Crippen molar-refractivity contribution in [3.05, 3.63) is 24.3 Å². The number of nitrogens with one attached hydrogen (secondary N) is 1. The van der Waals surface area contributed by atoms with Crippen molar-refractivity contribution >= 4 is 33.2 Å². The lowest BCUT2D eigenvalue weighted by Crippen LogP contribution is -2.30. The van der Waals surface area contributed by atoms with Crippen molar-refractivity contribution in [2.24, 2.45) is 0 Å². The second-order valence-corrected chi connectivity index (χ2v) is 6.81. The van der Waals surface area contributed by atoms with Gasteiger partial charge in [-0.2, -0.15) is 4.31 Å². The fraction of sp³-hybridized carbons (Fsp3) is 0.462. The highest BCUT2D eigenvalue weighted by atomic mass is 35.5. The Labute approximate surface area is 125 Å². The molecule has 1 rings (SSSR count). The molecule has 0 fully saturated rings. The molecular weight excluding hydrogens is 300 g/mol. The Morgan fingerprint density at radius 3 is 2.15 bits per heavy atom. The van der Waals surface area contributed by atoms with Crippen LogP contribution in [0, 0.1) is 0 Å². The lowest BCUT2D eigenvalue weighted by atomic mass is 10.3. The van der Waals surface area contributed by atoms with E-state index in [1.165, 1.54) is 16.4 Å². The zero-order valence-corrected chi connectivity index (χ0v) is 13.3. The van der Waals surface area contributed by atoms with Crippen LogP contribution in [0.5, 0.6) is 0 Å². The Hall–Kier alpha value is -1.11. The molecule has 0 aliphatic heterocycles. The highest BCUT2D eigenvalue weighted by molar-refractivity contribution is 7.89. The van der Waals surface area contributed by atoms with E-state index >= 15 is 0 Å². The van der Waals surface area contributed by atoms with Crippen molar-refractivity contribution in [2.75, 3.05) is 18.4 Å². The summed E-state index contributed by atoms with van der Waals surface area (Å²) in [4.78, 5) is 11.6. The average Bonchev–Trinajstić information content (AvgIpc) is 2.40. The molecule has 0 bridgehead atoms. The Morgan fingerprint density at radius 2 is 1.75 bits per heavy atom. The van der Waals surface area contributed by atoms with Crippen LogP contribution in [0.25, 0.3) is 0 Å².